The van der Waals surface area contributed by atoms with Crippen molar-refractivity contribution in [2.75, 3.05) is 0 Å². The molecule has 0 atom stereocenters. The molecule has 0 spiro atoms. The van der Waals surface area contributed by atoms with Crippen LogP contribution in [-0.4, -0.2) is 13.5 Å². The second kappa shape index (κ2) is 7.20. The number of hydrogen-bond acceptors (Lipinski definition) is 3. The van der Waals surface area contributed by atoms with Crippen molar-refractivity contribution >= 4 is 32.1 Å². The first-order valence-electron chi connectivity index (χ1n) is 6.57. The highest BCUT2D eigenvalue weighted by atomic mass is 32.2. The first-order chi connectivity index (χ1) is 10.5. The van der Waals surface area contributed by atoms with Gasteiger partial charge in [-0.1, -0.05) is 60.7 Å². The van der Waals surface area contributed by atoms with E-state index in [1.54, 1.807) is 36.4 Å². The summed E-state index contributed by atoms with van der Waals surface area (Å²) in [6, 6.07) is 17.9. The van der Waals surface area contributed by atoms with Gasteiger partial charge in [0, 0.05) is 6.20 Å². The van der Waals surface area contributed by atoms with Crippen LogP contribution in [0.2, 0.25) is 0 Å². The summed E-state index contributed by atoms with van der Waals surface area (Å²) >= 11 is 4.74. The molecule has 0 radical (unpaired) electrons. The van der Waals surface area contributed by atoms with Crippen molar-refractivity contribution in [3.8, 4) is 0 Å². The van der Waals surface area contributed by atoms with Gasteiger partial charge in [-0.25, -0.2) is 8.42 Å². The Morgan fingerprint density at radius 1 is 1.05 bits per heavy atom. The summed E-state index contributed by atoms with van der Waals surface area (Å²) in [6.07, 6.45) is 1.34. The fourth-order valence-electron chi connectivity index (χ4n) is 1.96. The first kappa shape index (κ1) is 16.2. The molecule has 6 heteroatoms. The van der Waals surface area contributed by atoms with Gasteiger partial charge in [0.05, 0.1) is 10.7 Å². The minimum absolute atomic E-state index is 0.0170. The van der Waals surface area contributed by atoms with Crippen LogP contribution in [0.25, 0.3) is 4.91 Å². The molecule has 4 nitrogen and oxygen atoms in total. The van der Waals surface area contributed by atoms with Crippen LogP contribution >= 0.6 is 12.2 Å². The summed E-state index contributed by atoms with van der Waals surface area (Å²) in [7, 11) is -3.54. The number of nitrogens with one attached hydrogen (secondary N) is 1. The van der Waals surface area contributed by atoms with Gasteiger partial charge in [0.25, 0.3) is 0 Å². The molecule has 0 saturated heterocycles. The van der Waals surface area contributed by atoms with Gasteiger partial charge in [-0.05, 0) is 23.3 Å². The maximum atomic E-state index is 12.7. The molecule has 2 rings (SSSR count). The van der Waals surface area contributed by atoms with Gasteiger partial charge in [-0.3, -0.25) is 0 Å². The SMILES string of the molecule is NC(=S)NC=C(c1ccccc1)S(=O)(=O)Cc1ccccc1. The molecule has 0 fully saturated rings. The van der Waals surface area contributed by atoms with E-state index in [0.717, 1.165) is 5.56 Å². The minimum atomic E-state index is -3.54. The Balaban J connectivity index is 2.40. The van der Waals surface area contributed by atoms with Crippen molar-refractivity contribution in [1.29, 1.82) is 0 Å². The van der Waals surface area contributed by atoms with Gasteiger partial charge in [0.2, 0.25) is 0 Å². The van der Waals surface area contributed by atoms with E-state index >= 15 is 0 Å². The Labute approximate surface area is 135 Å². The van der Waals surface area contributed by atoms with Gasteiger partial charge in [-0.2, -0.15) is 0 Å². The maximum Gasteiger partial charge on any atom is 0.184 e. The summed E-state index contributed by atoms with van der Waals surface area (Å²) in [5.74, 6) is -0.0897. The first-order valence-corrected chi connectivity index (χ1v) is 8.63. The lowest BCUT2D eigenvalue weighted by molar-refractivity contribution is 0.605. The third kappa shape index (κ3) is 4.41. The van der Waals surface area contributed by atoms with E-state index in [1.165, 1.54) is 6.20 Å². The lowest BCUT2D eigenvalue weighted by atomic mass is 10.2. The Kier molecular flexibility index (Phi) is 5.30. The van der Waals surface area contributed by atoms with E-state index in [9.17, 15) is 8.42 Å². The topological polar surface area (TPSA) is 72.2 Å². The predicted octanol–water partition coefficient (Wildman–Crippen LogP) is 2.43. The number of thiocarbonyl (C=S) groups is 1. The van der Waals surface area contributed by atoms with Crippen LogP contribution in [-0.2, 0) is 15.6 Å². The number of nitrogens with two attached hydrogens (primary N) is 1. The molecule has 0 aromatic heterocycles. The van der Waals surface area contributed by atoms with E-state index < -0.39 is 9.84 Å². The summed E-state index contributed by atoms with van der Waals surface area (Å²) in [5.41, 5.74) is 6.70. The highest BCUT2D eigenvalue weighted by molar-refractivity contribution is 7.99. The van der Waals surface area contributed by atoms with E-state index in [-0.39, 0.29) is 15.8 Å². The van der Waals surface area contributed by atoms with Crippen molar-refractivity contribution in [2.24, 2.45) is 5.73 Å². The van der Waals surface area contributed by atoms with Crippen LogP contribution in [0.3, 0.4) is 0 Å². The summed E-state index contributed by atoms with van der Waals surface area (Å²) in [5, 5.41) is 2.62. The van der Waals surface area contributed by atoms with E-state index in [0.29, 0.717) is 5.56 Å². The molecule has 0 heterocycles. The van der Waals surface area contributed by atoms with Gasteiger partial charge in [0.1, 0.15) is 0 Å². The number of sulfone groups is 1. The second-order valence-corrected chi connectivity index (χ2v) is 7.03. The zero-order valence-electron chi connectivity index (χ0n) is 11.8. The van der Waals surface area contributed by atoms with Crippen LogP contribution in [0.5, 0.6) is 0 Å². The molecule has 22 heavy (non-hydrogen) atoms. The largest absolute Gasteiger partial charge is 0.376 e. The standard InChI is InChI=1S/C16H16N2O2S2/c17-16(21)18-11-15(14-9-5-2-6-10-14)22(19,20)12-13-7-3-1-4-8-13/h1-11H,12H2,(H3,17,18,21). The highest BCUT2D eigenvalue weighted by Crippen LogP contribution is 2.24. The monoisotopic (exact) mass is 332 g/mol. The van der Waals surface area contributed by atoms with Crippen molar-refractivity contribution in [1.82, 2.24) is 5.32 Å². The molecular formula is C16H16N2O2S2. The number of benzene rings is 2. The molecule has 0 aliphatic carbocycles. The quantitative estimate of drug-likeness (QED) is 0.823. The van der Waals surface area contributed by atoms with Crippen molar-refractivity contribution in [2.45, 2.75) is 5.75 Å². The van der Waals surface area contributed by atoms with Crippen LogP contribution < -0.4 is 11.1 Å². The molecule has 0 bridgehead atoms. The number of rotatable bonds is 5. The summed E-state index contributed by atoms with van der Waals surface area (Å²) in [4.78, 5) is 0.157. The smallest absolute Gasteiger partial charge is 0.184 e. The third-order valence-electron chi connectivity index (χ3n) is 2.94. The normalized spacial score (nSPS) is 11.9. The Morgan fingerprint density at radius 3 is 2.14 bits per heavy atom. The molecular weight excluding hydrogens is 316 g/mol. The fourth-order valence-corrected chi connectivity index (χ4v) is 3.54. The fraction of sp³-hybridized carbons (Fsp3) is 0.0625. The molecule has 0 saturated carbocycles. The third-order valence-corrected chi connectivity index (χ3v) is 4.79. The van der Waals surface area contributed by atoms with Gasteiger partial charge in [-0.15, -0.1) is 0 Å². The zero-order chi connectivity index (χ0) is 16.0. The van der Waals surface area contributed by atoms with E-state index in [1.807, 2.05) is 24.3 Å². The van der Waals surface area contributed by atoms with Gasteiger partial charge < -0.3 is 11.1 Å². The second-order valence-electron chi connectivity index (χ2n) is 4.63. The van der Waals surface area contributed by atoms with E-state index in [2.05, 4.69) is 5.32 Å². The number of hydrogen-bond donors (Lipinski definition) is 2. The van der Waals surface area contributed by atoms with Crippen LogP contribution in [0.1, 0.15) is 11.1 Å². The lowest BCUT2D eigenvalue weighted by Crippen LogP contribution is -2.25. The lowest BCUT2D eigenvalue weighted by Gasteiger charge is -2.10. The summed E-state index contributed by atoms with van der Waals surface area (Å²) < 4.78 is 25.4. The molecule has 0 aliphatic heterocycles. The summed E-state index contributed by atoms with van der Waals surface area (Å²) in [6.45, 7) is 0. The molecule has 0 amide bonds. The Hall–Kier alpha value is -2.18. The van der Waals surface area contributed by atoms with Crippen molar-refractivity contribution < 1.29 is 8.42 Å². The highest BCUT2D eigenvalue weighted by Gasteiger charge is 2.20. The van der Waals surface area contributed by atoms with Crippen LogP contribution in [0, 0.1) is 0 Å². The van der Waals surface area contributed by atoms with Crippen molar-refractivity contribution in [3.63, 3.8) is 0 Å². The Bertz CT molecular complexity index is 770. The average Bonchev–Trinajstić information content (AvgIpc) is 2.48. The molecule has 0 unspecified atom stereocenters. The Morgan fingerprint density at radius 2 is 1.59 bits per heavy atom. The zero-order valence-corrected chi connectivity index (χ0v) is 13.4. The van der Waals surface area contributed by atoms with Crippen LogP contribution in [0.15, 0.2) is 66.9 Å². The predicted molar refractivity (Wildman–Crippen MR) is 93.4 cm³/mol. The average molecular weight is 332 g/mol. The van der Waals surface area contributed by atoms with Gasteiger partial charge >= 0.3 is 0 Å². The molecule has 2 aromatic rings. The van der Waals surface area contributed by atoms with Crippen molar-refractivity contribution in [3.05, 3.63) is 78.0 Å². The molecule has 3 N–H and O–H groups in total. The maximum absolute atomic E-state index is 12.7. The minimum Gasteiger partial charge on any atom is -0.376 e. The van der Waals surface area contributed by atoms with E-state index in [4.69, 9.17) is 18.0 Å². The van der Waals surface area contributed by atoms with Gasteiger partial charge in [0.15, 0.2) is 14.9 Å². The molecule has 2 aromatic carbocycles. The molecule has 114 valence electrons. The van der Waals surface area contributed by atoms with Crippen LogP contribution in [0.4, 0.5) is 0 Å². The molecule has 0 aliphatic rings.